The molecule has 2 aromatic carbocycles. The third kappa shape index (κ3) is 4.20. The van der Waals surface area contributed by atoms with Crippen LogP contribution in [0.25, 0.3) is 11.3 Å². The summed E-state index contributed by atoms with van der Waals surface area (Å²) in [5.74, 6) is -0.188. The first-order valence-electron chi connectivity index (χ1n) is 7.60. The highest BCUT2D eigenvalue weighted by molar-refractivity contribution is 7.14. The predicted octanol–water partition coefficient (Wildman–Crippen LogP) is 5.53. The number of amides is 1. The molecule has 3 aromatic rings. The zero-order valence-corrected chi connectivity index (χ0v) is 14.4. The molecule has 2 N–H and O–H groups in total. The fraction of sp³-hybridized carbons (Fsp3) is 0.111. The van der Waals surface area contributed by atoms with Crippen molar-refractivity contribution in [3.63, 3.8) is 0 Å². The van der Waals surface area contributed by atoms with Crippen LogP contribution < -0.4 is 10.6 Å². The van der Waals surface area contributed by atoms with E-state index in [4.69, 9.17) is 0 Å². The van der Waals surface area contributed by atoms with Crippen molar-refractivity contribution in [1.29, 1.82) is 0 Å². The Morgan fingerprint density at radius 3 is 2.62 bits per heavy atom. The molecule has 0 atom stereocenters. The molecule has 26 heavy (non-hydrogen) atoms. The fourth-order valence-corrected chi connectivity index (χ4v) is 3.11. The van der Waals surface area contributed by atoms with Crippen molar-refractivity contribution in [1.82, 2.24) is 4.98 Å². The number of halogens is 3. The van der Waals surface area contributed by atoms with Crippen LogP contribution in [-0.4, -0.2) is 10.9 Å². The monoisotopic (exact) mass is 377 g/mol. The second-order valence-corrected chi connectivity index (χ2v) is 6.33. The maximum Gasteiger partial charge on any atom is 0.418 e. The molecule has 0 unspecified atom stereocenters. The van der Waals surface area contributed by atoms with Crippen LogP contribution in [-0.2, 0) is 11.0 Å². The lowest BCUT2D eigenvalue weighted by molar-refractivity contribution is -0.136. The number of para-hydroxylation sites is 1. The predicted molar refractivity (Wildman–Crippen MR) is 96.6 cm³/mol. The van der Waals surface area contributed by atoms with Crippen LogP contribution in [0.1, 0.15) is 12.5 Å². The first kappa shape index (κ1) is 17.9. The van der Waals surface area contributed by atoms with Gasteiger partial charge < -0.3 is 10.6 Å². The molecule has 0 spiro atoms. The highest BCUT2D eigenvalue weighted by atomic mass is 32.1. The van der Waals surface area contributed by atoms with E-state index in [1.165, 1.54) is 36.5 Å². The summed E-state index contributed by atoms with van der Waals surface area (Å²) >= 11 is 1.20. The SMILES string of the molecule is CC(=O)Nc1cccc(-c2csc(Nc3ccccc3C(F)(F)F)n2)c1. The van der Waals surface area contributed by atoms with Gasteiger partial charge in [0.05, 0.1) is 16.9 Å². The standard InChI is InChI=1S/C18H14F3N3OS/c1-11(25)22-13-6-4-5-12(9-13)16-10-26-17(24-16)23-15-8-3-2-7-14(15)18(19,20)21/h2-10H,1H3,(H,22,25)(H,23,24). The molecule has 4 nitrogen and oxygen atoms in total. The summed E-state index contributed by atoms with van der Waals surface area (Å²) in [5, 5.41) is 7.51. The zero-order valence-electron chi connectivity index (χ0n) is 13.6. The summed E-state index contributed by atoms with van der Waals surface area (Å²) in [4.78, 5) is 15.5. The Morgan fingerprint density at radius 2 is 1.88 bits per heavy atom. The third-order valence-electron chi connectivity index (χ3n) is 3.46. The van der Waals surface area contributed by atoms with Gasteiger partial charge in [0.1, 0.15) is 0 Å². The molecular formula is C18H14F3N3OS. The second kappa shape index (κ2) is 7.17. The summed E-state index contributed by atoms with van der Waals surface area (Å²) in [6, 6.07) is 12.3. The number of thiazole rings is 1. The number of nitrogens with zero attached hydrogens (tertiary/aromatic N) is 1. The lowest BCUT2D eigenvalue weighted by Gasteiger charge is -2.12. The molecule has 0 radical (unpaired) electrons. The number of carbonyl (C=O) groups excluding carboxylic acids is 1. The van der Waals surface area contributed by atoms with Gasteiger partial charge >= 0.3 is 6.18 Å². The van der Waals surface area contributed by atoms with Crippen LogP contribution in [0.2, 0.25) is 0 Å². The molecule has 0 aliphatic carbocycles. The molecule has 0 saturated carbocycles. The molecule has 1 heterocycles. The molecular weight excluding hydrogens is 363 g/mol. The van der Waals surface area contributed by atoms with Crippen LogP contribution in [0, 0.1) is 0 Å². The van der Waals surface area contributed by atoms with Crippen molar-refractivity contribution < 1.29 is 18.0 Å². The quantitative estimate of drug-likeness (QED) is 0.628. The number of anilines is 3. The van der Waals surface area contributed by atoms with Gasteiger partial charge in [0.15, 0.2) is 5.13 Å². The van der Waals surface area contributed by atoms with Crippen molar-refractivity contribution in [3.8, 4) is 11.3 Å². The average molecular weight is 377 g/mol. The second-order valence-electron chi connectivity index (χ2n) is 5.47. The lowest BCUT2D eigenvalue weighted by atomic mass is 10.1. The van der Waals surface area contributed by atoms with Crippen molar-refractivity contribution in [2.75, 3.05) is 10.6 Å². The largest absolute Gasteiger partial charge is 0.418 e. The van der Waals surface area contributed by atoms with Gasteiger partial charge in [-0.2, -0.15) is 13.2 Å². The number of alkyl halides is 3. The van der Waals surface area contributed by atoms with Gasteiger partial charge in [-0.25, -0.2) is 4.98 Å². The van der Waals surface area contributed by atoms with Gasteiger partial charge in [-0.3, -0.25) is 4.79 Å². The Labute approximate surface area is 151 Å². The Bertz CT molecular complexity index is 937. The van der Waals surface area contributed by atoms with E-state index in [0.717, 1.165) is 11.6 Å². The van der Waals surface area contributed by atoms with Crippen LogP contribution in [0.3, 0.4) is 0 Å². The Morgan fingerprint density at radius 1 is 1.12 bits per heavy atom. The van der Waals surface area contributed by atoms with Crippen molar-refractivity contribution in [2.24, 2.45) is 0 Å². The number of aromatic nitrogens is 1. The van der Waals surface area contributed by atoms with E-state index >= 15 is 0 Å². The molecule has 0 saturated heterocycles. The van der Waals surface area contributed by atoms with E-state index in [0.29, 0.717) is 16.5 Å². The minimum absolute atomic E-state index is 0.0482. The van der Waals surface area contributed by atoms with Crippen LogP contribution in [0.4, 0.5) is 29.7 Å². The smallest absolute Gasteiger partial charge is 0.331 e. The van der Waals surface area contributed by atoms with E-state index in [2.05, 4.69) is 15.6 Å². The van der Waals surface area contributed by atoms with Gasteiger partial charge in [0, 0.05) is 23.6 Å². The summed E-state index contributed by atoms with van der Waals surface area (Å²) in [5.41, 5.74) is 1.19. The zero-order chi connectivity index (χ0) is 18.7. The van der Waals surface area contributed by atoms with Crippen LogP contribution in [0.15, 0.2) is 53.9 Å². The average Bonchev–Trinajstić information content (AvgIpc) is 3.02. The molecule has 1 aromatic heterocycles. The van der Waals surface area contributed by atoms with Gasteiger partial charge in [0.25, 0.3) is 0 Å². The molecule has 3 rings (SSSR count). The fourth-order valence-electron chi connectivity index (χ4n) is 2.38. The van der Waals surface area contributed by atoms with Gasteiger partial charge in [-0.05, 0) is 24.3 Å². The highest BCUT2D eigenvalue weighted by Crippen LogP contribution is 2.37. The number of carbonyl (C=O) groups is 1. The summed E-state index contributed by atoms with van der Waals surface area (Å²) in [6.45, 7) is 1.41. The topological polar surface area (TPSA) is 54.0 Å². The van der Waals surface area contributed by atoms with Crippen molar-refractivity contribution in [2.45, 2.75) is 13.1 Å². The summed E-state index contributed by atoms with van der Waals surface area (Å²) < 4.78 is 39.2. The lowest BCUT2D eigenvalue weighted by Crippen LogP contribution is -2.08. The van der Waals surface area contributed by atoms with Gasteiger partial charge in [-0.15, -0.1) is 11.3 Å². The van der Waals surface area contributed by atoms with Gasteiger partial charge in [0.2, 0.25) is 5.91 Å². The Balaban J connectivity index is 1.85. The van der Waals surface area contributed by atoms with Crippen molar-refractivity contribution in [3.05, 3.63) is 59.5 Å². The number of nitrogens with one attached hydrogen (secondary N) is 2. The summed E-state index contributed by atoms with van der Waals surface area (Å²) in [7, 11) is 0. The number of benzene rings is 2. The molecule has 0 fully saturated rings. The van der Waals surface area contributed by atoms with E-state index in [1.54, 1.807) is 23.6 Å². The molecule has 0 aliphatic heterocycles. The first-order chi connectivity index (χ1) is 12.3. The maximum absolute atomic E-state index is 13.1. The Kier molecular flexibility index (Phi) is 4.94. The van der Waals surface area contributed by atoms with E-state index in [1.807, 2.05) is 6.07 Å². The molecule has 0 aliphatic rings. The van der Waals surface area contributed by atoms with E-state index in [-0.39, 0.29) is 11.6 Å². The minimum atomic E-state index is -4.45. The molecule has 1 amide bonds. The number of hydrogen-bond donors (Lipinski definition) is 2. The highest BCUT2D eigenvalue weighted by Gasteiger charge is 2.33. The van der Waals surface area contributed by atoms with Gasteiger partial charge in [-0.1, -0.05) is 24.3 Å². The Hall–Kier alpha value is -2.87. The molecule has 0 bridgehead atoms. The maximum atomic E-state index is 13.1. The molecule has 8 heteroatoms. The third-order valence-corrected chi connectivity index (χ3v) is 4.21. The van der Waals surface area contributed by atoms with Crippen LogP contribution in [0.5, 0.6) is 0 Å². The van der Waals surface area contributed by atoms with Crippen LogP contribution >= 0.6 is 11.3 Å². The normalized spacial score (nSPS) is 11.2. The number of hydrogen-bond acceptors (Lipinski definition) is 4. The summed E-state index contributed by atoms with van der Waals surface area (Å²) in [6.07, 6.45) is -4.45. The molecule has 134 valence electrons. The minimum Gasteiger partial charge on any atom is -0.331 e. The number of rotatable bonds is 4. The van der Waals surface area contributed by atoms with E-state index in [9.17, 15) is 18.0 Å². The van der Waals surface area contributed by atoms with Crippen molar-refractivity contribution >= 4 is 33.8 Å². The first-order valence-corrected chi connectivity index (χ1v) is 8.48. The van der Waals surface area contributed by atoms with E-state index < -0.39 is 11.7 Å².